The predicted molar refractivity (Wildman–Crippen MR) is 30.9 cm³/mol. The van der Waals surface area contributed by atoms with Gasteiger partial charge in [-0.1, -0.05) is 6.92 Å². The monoisotopic (exact) mass is 101 g/mol. The molecular weight excluding hydrogens is 88.1 g/mol. The molecule has 1 heteroatoms. The van der Waals surface area contributed by atoms with E-state index in [0.717, 1.165) is 12.8 Å². The number of unbranched alkanes of at least 4 members (excludes halogenated alkanes) is 1. The molecule has 0 saturated carbocycles. The molecule has 1 atom stereocenters. The molecule has 43 valence electrons. The first-order chi connectivity index (χ1) is 3.27. The van der Waals surface area contributed by atoms with Gasteiger partial charge in [0.25, 0.3) is 0 Å². The van der Waals surface area contributed by atoms with Crippen molar-refractivity contribution in [1.82, 2.24) is 0 Å². The Morgan fingerprint density at radius 2 is 2.29 bits per heavy atom. The average molecular weight is 101 g/mol. The number of hydrogen-bond acceptors (Lipinski definition) is 1. The Bertz CT molecular complexity index is 33.2. The van der Waals surface area contributed by atoms with Crippen molar-refractivity contribution in [3.05, 3.63) is 6.42 Å². The molecule has 0 amide bonds. The molecule has 0 aliphatic rings. The molecule has 0 aliphatic carbocycles. The Morgan fingerprint density at radius 1 is 1.71 bits per heavy atom. The zero-order chi connectivity index (χ0) is 5.70. The maximum atomic E-state index is 8.66. The Balaban J connectivity index is 2.68. The molecule has 0 aromatic heterocycles. The van der Waals surface area contributed by atoms with Gasteiger partial charge in [-0.2, -0.15) is 0 Å². The van der Waals surface area contributed by atoms with Crippen LogP contribution in [0.25, 0.3) is 0 Å². The highest BCUT2D eigenvalue weighted by Crippen LogP contribution is 1.96. The second-order valence-corrected chi connectivity index (χ2v) is 1.83. The number of hydrogen-bond donors (Lipinski definition) is 1. The van der Waals surface area contributed by atoms with Crippen LogP contribution in [-0.2, 0) is 0 Å². The lowest BCUT2D eigenvalue weighted by molar-refractivity contribution is 0.184. The fraction of sp³-hybridized carbons (Fsp3) is 0.833. The Labute approximate surface area is 45.4 Å². The van der Waals surface area contributed by atoms with Crippen LogP contribution >= 0.6 is 0 Å². The first-order valence-corrected chi connectivity index (χ1v) is 2.73. The highest BCUT2D eigenvalue weighted by molar-refractivity contribution is 4.57. The summed E-state index contributed by atoms with van der Waals surface area (Å²) in [5.74, 6) is 0. The van der Waals surface area contributed by atoms with Crippen molar-refractivity contribution in [2.24, 2.45) is 0 Å². The minimum absolute atomic E-state index is 0.129. The van der Waals surface area contributed by atoms with Crippen LogP contribution in [0.2, 0.25) is 0 Å². The molecular formula is C6H13O. The Morgan fingerprint density at radius 3 is 2.43 bits per heavy atom. The van der Waals surface area contributed by atoms with Gasteiger partial charge in [0, 0.05) is 0 Å². The summed E-state index contributed by atoms with van der Waals surface area (Å²) in [5, 5.41) is 8.66. The van der Waals surface area contributed by atoms with E-state index in [1.807, 2.05) is 13.8 Å². The van der Waals surface area contributed by atoms with Gasteiger partial charge in [0.15, 0.2) is 0 Å². The van der Waals surface area contributed by atoms with Crippen molar-refractivity contribution in [3.8, 4) is 0 Å². The average Bonchev–Trinajstić information content (AvgIpc) is 1.61. The summed E-state index contributed by atoms with van der Waals surface area (Å²) in [6, 6.07) is 0. The number of aliphatic hydroxyl groups excluding tert-OH is 1. The zero-order valence-corrected chi connectivity index (χ0v) is 5.02. The normalized spacial score (nSPS) is 14.1. The summed E-state index contributed by atoms with van der Waals surface area (Å²) >= 11 is 0. The summed E-state index contributed by atoms with van der Waals surface area (Å²) in [6.45, 7) is 3.81. The van der Waals surface area contributed by atoms with E-state index in [-0.39, 0.29) is 6.10 Å². The number of rotatable bonds is 3. The van der Waals surface area contributed by atoms with Crippen LogP contribution in [0.1, 0.15) is 26.7 Å². The molecule has 0 rings (SSSR count). The molecule has 0 bridgehead atoms. The minimum Gasteiger partial charge on any atom is -0.393 e. The topological polar surface area (TPSA) is 20.2 Å². The van der Waals surface area contributed by atoms with Gasteiger partial charge in [0.2, 0.25) is 0 Å². The van der Waals surface area contributed by atoms with Gasteiger partial charge in [-0.3, -0.25) is 0 Å². The second kappa shape index (κ2) is 4.13. The van der Waals surface area contributed by atoms with E-state index in [2.05, 4.69) is 6.42 Å². The van der Waals surface area contributed by atoms with Crippen LogP contribution < -0.4 is 0 Å². The first kappa shape index (κ1) is 6.96. The van der Waals surface area contributed by atoms with Gasteiger partial charge in [-0.05, 0) is 26.2 Å². The molecule has 0 saturated heterocycles. The molecule has 1 unspecified atom stereocenters. The molecule has 0 aliphatic heterocycles. The number of aliphatic hydroxyl groups is 1. The lowest BCUT2D eigenvalue weighted by atomic mass is 10.2. The third kappa shape index (κ3) is 5.96. The van der Waals surface area contributed by atoms with Gasteiger partial charge in [-0.25, -0.2) is 0 Å². The quantitative estimate of drug-likeness (QED) is 0.569. The summed E-state index contributed by atoms with van der Waals surface area (Å²) in [5.41, 5.74) is 0. The Hall–Kier alpha value is -0.0400. The predicted octanol–water partition coefficient (Wildman–Crippen LogP) is 1.37. The van der Waals surface area contributed by atoms with E-state index in [4.69, 9.17) is 5.11 Å². The van der Waals surface area contributed by atoms with Gasteiger partial charge >= 0.3 is 0 Å². The van der Waals surface area contributed by atoms with Crippen molar-refractivity contribution in [3.63, 3.8) is 0 Å². The largest absolute Gasteiger partial charge is 0.393 e. The van der Waals surface area contributed by atoms with Crippen LogP contribution in [-0.4, -0.2) is 11.2 Å². The van der Waals surface area contributed by atoms with Crippen molar-refractivity contribution in [1.29, 1.82) is 0 Å². The van der Waals surface area contributed by atoms with Gasteiger partial charge < -0.3 is 5.11 Å². The van der Waals surface area contributed by atoms with Crippen LogP contribution in [0.15, 0.2) is 0 Å². The van der Waals surface area contributed by atoms with Crippen LogP contribution in [0.4, 0.5) is 0 Å². The van der Waals surface area contributed by atoms with Gasteiger partial charge in [-0.15, -0.1) is 0 Å². The maximum Gasteiger partial charge on any atom is 0.0512 e. The molecule has 0 aromatic carbocycles. The van der Waals surface area contributed by atoms with Crippen LogP contribution in [0.3, 0.4) is 0 Å². The van der Waals surface area contributed by atoms with Gasteiger partial charge in [0.05, 0.1) is 6.10 Å². The molecule has 0 heterocycles. The third-order valence-electron chi connectivity index (χ3n) is 0.873. The molecule has 7 heavy (non-hydrogen) atoms. The fourth-order valence-corrected chi connectivity index (χ4v) is 0.408. The van der Waals surface area contributed by atoms with E-state index >= 15 is 0 Å². The standard InChI is InChI=1S/C6H13O/c1-3-4-5-6(2)7/h3,6-7H,4-5H2,1-2H3. The van der Waals surface area contributed by atoms with Crippen molar-refractivity contribution < 1.29 is 5.11 Å². The summed E-state index contributed by atoms with van der Waals surface area (Å²) in [6.07, 6.45) is 3.86. The molecule has 1 radical (unpaired) electrons. The van der Waals surface area contributed by atoms with E-state index in [1.165, 1.54) is 0 Å². The molecule has 0 aromatic rings. The highest BCUT2D eigenvalue weighted by Gasteiger charge is 1.90. The SMILES string of the molecule is C[CH]CCC(C)O. The van der Waals surface area contributed by atoms with Crippen molar-refractivity contribution in [2.75, 3.05) is 0 Å². The van der Waals surface area contributed by atoms with E-state index in [0.29, 0.717) is 0 Å². The zero-order valence-electron chi connectivity index (χ0n) is 5.02. The van der Waals surface area contributed by atoms with E-state index < -0.39 is 0 Å². The highest BCUT2D eigenvalue weighted by atomic mass is 16.3. The fourth-order valence-electron chi connectivity index (χ4n) is 0.408. The molecule has 0 fully saturated rings. The second-order valence-electron chi connectivity index (χ2n) is 1.83. The lowest BCUT2D eigenvalue weighted by Crippen LogP contribution is -1.97. The smallest absolute Gasteiger partial charge is 0.0512 e. The first-order valence-electron chi connectivity index (χ1n) is 2.73. The van der Waals surface area contributed by atoms with Crippen molar-refractivity contribution in [2.45, 2.75) is 32.8 Å². The summed E-state index contributed by atoms with van der Waals surface area (Å²) < 4.78 is 0. The molecule has 1 nitrogen and oxygen atoms in total. The lowest BCUT2D eigenvalue weighted by Gasteiger charge is -1.98. The van der Waals surface area contributed by atoms with Crippen LogP contribution in [0.5, 0.6) is 0 Å². The van der Waals surface area contributed by atoms with Crippen molar-refractivity contribution >= 4 is 0 Å². The van der Waals surface area contributed by atoms with Gasteiger partial charge in [0.1, 0.15) is 0 Å². The Kier molecular flexibility index (Phi) is 4.10. The van der Waals surface area contributed by atoms with E-state index in [9.17, 15) is 0 Å². The minimum atomic E-state index is -0.129. The van der Waals surface area contributed by atoms with Crippen LogP contribution in [0, 0.1) is 6.42 Å². The summed E-state index contributed by atoms with van der Waals surface area (Å²) in [7, 11) is 0. The maximum absolute atomic E-state index is 8.66. The van der Waals surface area contributed by atoms with E-state index in [1.54, 1.807) is 0 Å². The summed E-state index contributed by atoms with van der Waals surface area (Å²) in [4.78, 5) is 0. The molecule has 1 N–H and O–H groups in total. The molecule has 0 spiro atoms. The third-order valence-corrected chi connectivity index (χ3v) is 0.873.